The molecule has 0 fully saturated rings. The largest absolute Gasteiger partial charge is 0.497 e. The average Bonchev–Trinajstić information content (AvgIpc) is 2.27. The Morgan fingerprint density at radius 1 is 1.60 bits per heavy atom. The molecule has 0 radical (unpaired) electrons. The highest BCUT2D eigenvalue weighted by Crippen LogP contribution is 2.26. The molecule has 1 atom stereocenters. The monoisotopic (exact) mass is 210 g/mol. The van der Waals surface area contributed by atoms with Gasteiger partial charge in [0.1, 0.15) is 11.4 Å². The van der Waals surface area contributed by atoms with Crippen LogP contribution in [0.1, 0.15) is 6.42 Å². The fourth-order valence-corrected chi connectivity index (χ4v) is 1.33. The van der Waals surface area contributed by atoms with Crippen molar-refractivity contribution in [1.82, 2.24) is 0 Å². The van der Waals surface area contributed by atoms with Gasteiger partial charge >= 0.3 is 5.97 Å². The second kappa shape index (κ2) is 4.79. The molecular formula is C11H14O4. The van der Waals surface area contributed by atoms with Crippen LogP contribution in [-0.4, -0.2) is 30.9 Å². The van der Waals surface area contributed by atoms with E-state index < -0.39 is 11.6 Å². The number of hydrogen-bond donors (Lipinski definition) is 1. The Kier molecular flexibility index (Phi) is 3.68. The fraction of sp³-hybridized carbons (Fsp3) is 0.364. The summed E-state index contributed by atoms with van der Waals surface area (Å²) in [5.74, 6) is -0.229. The van der Waals surface area contributed by atoms with Crippen molar-refractivity contribution in [2.75, 3.05) is 14.2 Å². The van der Waals surface area contributed by atoms with Gasteiger partial charge < -0.3 is 14.6 Å². The van der Waals surface area contributed by atoms with Gasteiger partial charge in [-0.15, -0.1) is 0 Å². The van der Waals surface area contributed by atoms with Crippen molar-refractivity contribution < 1.29 is 19.4 Å². The Labute approximate surface area is 88.5 Å². The lowest BCUT2D eigenvalue weighted by atomic mass is 9.94. The van der Waals surface area contributed by atoms with E-state index in [1.165, 1.54) is 6.08 Å². The van der Waals surface area contributed by atoms with Gasteiger partial charge in [-0.1, -0.05) is 0 Å². The van der Waals surface area contributed by atoms with E-state index in [-0.39, 0.29) is 0 Å². The van der Waals surface area contributed by atoms with Crippen LogP contribution in [0.4, 0.5) is 0 Å². The summed E-state index contributed by atoms with van der Waals surface area (Å²) >= 11 is 0. The first-order valence-corrected chi connectivity index (χ1v) is 4.52. The lowest BCUT2D eigenvalue weighted by Gasteiger charge is -2.27. The highest BCUT2D eigenvalue weighted by Gasteiger charge is 2.25. The minimum atomic E-state index is -0.985. The normalized spacial score (nSPS) is 25.3. The van der Waals surface area contributed by atoms with E-state index in [4.69, 9.17) is 14.6 Å². The van der Waals surface area contributed by atoms with E-state index >= 15 is 0 Å². The van der Waals surface area contributed by atoms with Gasteiger partial charge in [0.15, 0.2) is 0 Å². The van der Waals surface area contributed by atoms with Crippen LogP contribution < -0.4 is 0 Å². The number of carboxylic acids is 1. The molecule has 0 spiro atoms. The fourth-order valence-electron chi connectivity index (χ4n) is 1.33. The predicted molar refractivity (Wildman–Crippen MR) is 55.4 cm³/mol. The summed E-state index contributed by atoms with van der Waals surface area (Å²) in [6.45, 7) is 0. The van der Waals surface area contributed by atoms with Gasteiger partial charge in [0.2, 0.25) is 0 Å². The van der Waals surface area contributed by atoms with E-state index in [1.54, 1.807) is 26.4 Å². The molecule has 0 saturated carbocycles. The molecule has 0 aromatic carbocycles. The van der Waals surface area contributed by atoms with Crippen molar-refractivity contribution in [3.63, 3.8) is 0 Å². The first kappa shape index (κ1) is 11.5. The van der Waals surface area contributed by atoms with Crippen molar-refractivity contribution >= 4 is 5.97 Å². The Morgan fingerprint density at radius 2 is 2.33 bits per heavy atom. The van der Waals surface area contributed by atoms with E-state index in [0.717, 1.165) is 11.8 Å². The second-order valence-corrected chi connectivity index (χ2v) is 3.18. The summed E-state index contributed by atoms with van der Waals surface area (Å²) in [5.41, 5.74) is -0.666. The van der Waals surface area contributed by atoms with Crippen LogP contribution in [0.5, 0.6) is 0 Å². The van der Waals surface area contributed by atoms with Gasteiger partial charge in [0.05, 0.1) is 7.11 Å². The minimum Gasteiger partial charge on any atom is -0.497 e. The summed E-state index contributed by atoms with van der Waals surface area (Å²) in [4.78, 5) is 10.4. The van der Waals surface area contributed by atoms with Crippen LogP contribution in [-0.2, 0) is 14.3 Å². The molecule has 82 valence electrons. The summed E-state index contributed by atoms with van der Waals surface area (Å²) in [5, 5.41) is 8.55. The molecule has 1 rings (SSSR count). The zero-order valence-corrected chi connectivity index (χ0v) is 8.77. The first-order valence-electron chi connectivity index (χ1n) is 4.52. The lowest BCUT2D eigenvalue weighted by Crippen LogP contribution is -2.27. The van der Waals surface area contributed by atoms with Crippen LogP contribution in [0.15, 0.2) is 36.1 Å². The third-order valence-corrected chi connectivity index (χ3v) is 2.28. The molecule has 0 aliphatic heterocycles. The van der Waals surface area contributed by atoms with Gasteiger partial charge in [-0.2, -0.15) is 0 Å². The third-order valence-electron chi connectivity index (χ3n) is 2.28. The predicted octanol–water partition coefficient (Wildman–Crippen LogP) is 1.50. The van der Waals surface area contributed by atoms with Crippen molar-refractivity contribution in [1.29, 1.82) is 0 Å². The summed E-state index contributed by atoms with van der Waals surface area (Å²) in [7, 11) is 3.13. The number of methoxy groups -OCH3 is 2. The van der Waals surface area contributed by atoms with E-state index in [1.807, 2.05) is 6.08 Å². The molecule has 1 unspecified atom stereocenters. The van der Waals surface area contributed by atoms with Gasteiger partial charge in [-0.05, 0) is 24.3 Å². The van der Waals surface area contributed by atoms with E-state index in [2.05, 4.69) is 0 Å². The molecule has 15 heavy (non-hydrogen) atoms. The lowest BCUT2D eigenvalue weighted by molar-refractivity contribution is -0.131. The molecule has 4 heteroatoms. The van der Waals surface area contributed by atoms with Crippen LogP contribution in [0.25, 0.3) is 0 Å². The summed E-state index contributed by atoms with van der Waals surface area (Å²) < 4.78 is 10.3. The minimum absolute atomic E-state index is 0.562. The van der Waals surface area contributed by atoms with Crippen LogP contribution in [0, 0.1) is 0 Å². The summed E-state index contributed by atoms with van der Waals surface area (Å²) in [6.07, 6.45) is 8.57. The molecule has 0 bridgehead atoms. The third kappa shape index (κ3) is 2.95. The Balaban J connectivity index is 2.79. The maximum absolute atomic E-state index is 10.4. The van der Waals surface area contributed by atoms with Crippen molar-refractivity contribution in [3.05, 3.63) is 36.1 Å². The number of hydrogen-bond acceptors (Lipinski definition) is 3. The Hall–Kier alpha value is -1.55. The second-order valence-electron chi connectivity index (χ2n) is 3.18. The van der Waals surface area contributed by atoms with Gasteiger partial charge in [0, 0.05) is 19.6 Å². The Morgan fingerprint density at radius 3 is 2.73 bits per heavy atom. The highest BCUT2D eigenvalue weighted by atomic mass is 16.5. The molecule has 4 nitrogen and oxygen atoms in total. The number of carbonyl (C=O) groups is 1. The number of allylic oxidation sites excluding steroid dienone is 1. The van der Waals surface area contributed by atoms with Crippen molar-refractivity contribution in [2.45, 2.75) is 12.0 Å². The quantitative estimate of drug-likeness (QED) is 0.714. The molecule has 1 aliphatic rings. The number of aliphatic carboxylic acids is 1. The first-order chi connectivity index (χ1) is 7.12. The zero-order chi connectivity index (χ0) is 11.3. The molecular weight excluding hydrogens is 196 g/mol. The zero-order valence-electron chi connectivity index (χ0n) is 8.77. The van der Waals surface area contributed by atoms with E-state index in [9.17, 15) is 4.79 Å². The average molecular weight is 210 g/mol. The van der Waals surface area contributed by atoms with E-state index in [0.29, 0.717) is 6.42 Å². The van der Waals surface area contributed by atoms with Gasteiger partial charge in [0.25, 0.3) is 0 Å². The smallest absolute Gasteiger partial charge is 0.328 e. The molecule has 0 amide bonds. The number of ether oxygens (including phenoxy) is 2. The van der Waals surface area contributed by atoms with Crippen LogP contribution >= 0.6 is 0 Å². The van der Waals surface area contributed by atoms with Gasteiger partial charge in [-0.3, -0.25) is 0 Å². The maximum Gasteiger partial charge on any atom is 0.328 e. The molecule has 0 heterocycles. The highest BCUT2D eigenvalue weighted by molar-refractivity contribution is 5.80. The van der Waals surface area contributed by atoms with Crippen molar-refractivity contribution in [3.8, 4) is 0 Å². The standard InChI is InChI=1S/C11H14O4/c1-14-9-3-6-11(15-2,7-4-9)8-5-10(12)13/h3-6,8H,7H2,1-2H3,(H,12,13). The molecule has 0 saturated heterocycles. The van der Waals surface area contributed by atoms with Gasteiger partial charge in [-0.25, -0.2) is 4.79 Å². The SMILES string of the molecule is COC1=CCC(C=CC(=O)O)(OC)C=C1. The maximum atomic E-state index is 10.4. The molecule has 1 aliphatic carbocycles. The Bertz CT molecular complexity index is 327. The topological polar surface area (TPSA) is 55.8 Å². The summed E-state index contributed by atoms with van der Waals surface area (Å²) in [6, 6.07) is 0. The van der Waals surface area contributed by atoms with Crippen molar-refractivity contribution in [2.24, 2.45) is 0 Å². The number of carboxylic acid groups (broad SMARTS) is 1. The molecule has 0 aromatic rings. The number of rotatable bonds is 4. The molecule has 0 aromatic heterocycles. The van der Waals surface area contributed by atoms with Crippen LogP contribution in [0.2, 0.25) is 0 Å². The van der Waals surface area contributed by atoms with Crippen LogP contribution in [0.3, 0.4) is 0 Å². The molecule has 1 N–H and O–H groups in total.